The first-order chi connectivity index (χ1) is 14.2. The second-order valence-electron chi connectivity index (χ2n) is 6.42. The second-order valence-corrected chi connectivity index (χ2v) is 7.36. The molecule has 0 radical (unpaired) electrons. The zero-order valence-electron chi connectivity index (χ0n) is 16.1. The fraction of sp³-hybridized carbons (Fsp3) is 0.136. The van der Waals surface area contributed by atoms with E-state index in [4.69, 9.17) is 4.74 Å². The number of para-hydroxylation sites is 1. The predicted octanol–water partition coefficient (Wildman–Crippen LogP) is 4.26. The molecule has 0 aliphatic carbocycles. The number of rotatable bonds is 7. The van der Waals surface area contributed by atoms with Gasteiger partial charge in [0.2, 0.25) is 0 Å². The van der Waals surface area contributed by atoms with E-state index in [1.54, 1.807) is 7.11 Å². The van der Waals surface area contributed by atoms with Crippen LogP contribution < -0.4 is 4.74 Å². The molecule has 0 unspecified atom stereocenters. The molecule has 0 N–H and O–H groups in total. The highest BCUT2D eigenvalue weighted by Gasteiger charge is 2.18. The molecule has 0 spiro atoms. The Hall–Kier alpha value is -3.32. The van der Waals surface area contributed by atoms with Crippen LogP contribution in [0.3, 0.4) is 0 Å². The van der Waals surface area contributed by atoms with Crippen molar-refractivity contribution >= 4 is 17.5 Å². The largest absolute Gasteiger partial charge is 0.497 e. The fourth-order valence-corrected chi connectivity index (χ4v) is 3.88. The first-order valence-corrected chi connectivity index (χ1v) is 10.1. The molecule has 0 aliphatic rings. The molecule has 0 saturated heterocycles. The van der Waals surface area contributed by atoms with Crippen molar-refractivity contribution in [2.24, 2.45) is 7.05 Å². The predicted molar refractivity (Wildman–Crippen MR) is 114 cm³/mol. The molecule has 146 valence electrons. The van der Waals surface area contributed by atoms with Crippen molar-refractivity contribution in [2.75, 3.05) is 12.9 Å². The Bertz CT molecular complexity index is 1120. The van der Waals surface area contributed by atoms with Crippen LogP contribution in [0.1, 0.15) is 10.5 Å². The lowest BCUT2D eigenvalue weighted by Gasteiger charge is -2.10. The Labute approximate surface area is 173 Å². The normalized spacial score (nSPS) is 10.8. The Kier molecular flexibility index (Phi) is 5.48. The van der Waals surface area contributed by atoms with Gasteiger partial charge in [0.15, 0.2) is 16.8 Å². The molecule has 7 heteroatoms. The standard InChI is InChI=1S/C22H20N4O2S/c1-25-14-6-9-19(25)20(27)15-29-22-24-23-21(16-10-12-18(28-2)13-11-16)26(22)17-7-4-3-5-8-17/h3-14H,15H2,1-2H3. The van der Waals surface area contributed by atoms with Crippen molar-refractivity contribution in [3.8, 4) is 22.8 Å². The molecule has 4 aromatic rings. The number of ether oxygens (including phenoxy) is 1. The lowest BCUT2D eigenvalue weighted by molar-refractivity contribution is 0.101. The van der Waals surface area contributed by atoms with Crippen LogP contribution in [0.2, 0.25) is 0 Å². The van der Waals surface area contributed by atoms with Gasteiger partial charge >= 0.3 is 0 Å². The van der Waals surface area contributed by atoms with Crippen molar-refractivity contribution in [1.29, 1.82) is 0 Å². The van der Waals surface area contributed by atoms with Gasteiger partial charge in [0.05, 0.1) is 18.6 Å². The van der Waals surface area contributed by atoms with Crippen LogP contribution >= 0.6 is 11.8 Å². The Morgan fingerprint density at radius 3 is 2.41 bits per heavy atom. The number of carbonyl (C=O) groups is 1. The van der Waals surface area contributed by atoms with Gasteiger partial charge in [-0.15, -0.1) is 10.2 Å². The summed E-state index contributed by atoms with van der Waals surface area (Å²) >= 11 is 1.38. The minimum atomic E-state index is 0.0520. The number of thioether (sulfide) groups is 1. The third kappa shape index (κ3) is 3.95. The lowest BCUT2D eigenvalue weighted by atomic mass is 10.2. The molecule has 0 amide bonds. The molecule has 2 heterocycles. The molecule has 6 nitrogen and oxygen atoms in total. The molecule has 0 aliphatic heterocycles. The molecule has 0 fully saturated rings. The van der Waals surface area contributed by atoms with Crippen molar-refractivity contribution in [1.82, 2.24) is 19.3 Å². The lowest BCUT2D eigenvalue weighted by Crippen LogP contribution is -2.08. The maximum atomic E-state index is 12.6. The number of Topliss-reactive ketones (excluding diaryl/α,β-unsaturated/α-hetero) is 1. The first kappa shape index (κ1) is 19.0. The van der Waals surface area contributed by atoms with Gasteiger partial charge in [-0.1, -0.05) is 30.0 Å². The molecular weight excluding hydrogens is 384 g/mol. The molecule has 2 aromatic carbocycles. The number of hydrogen-bond donors (Lipinski definition) is 0. The Morgan fingerprint density at radius 2 is 1.76 bits per heavy atom. The quantitative estimate of drug-likeness (QED) is 0.340. The van der Waals surface area contributed by atoms with Crippen LogP contribution in [0.25, 0.3) is 17.1 Å². The van der Waals surface area contributed by atoms with Crippen molar-refractivity contribution in [3.63, 3.8) is 0 Å². The average Bonchev–Trinajstić information content (AvgIpc) is 3.39. The highest BCUT2D eigenvalue weighted by atomic mass is 32.2. The van der Waals surface area contributed by atoms with E-state index in [1.165, 1.54) is 11.8 Å². The van der Waals surface area contributed by atoms with Crippen LogP contribution in [0.4, 0.5) is 0 Å². The third-order valence-corrected chi connectivity index (χ3v) is 5.49. The third-order valence-electron chi connectivity index (χ3n) is 4.56. The number of methoxy groups -OCH3 is 1. The number of hydrogen-bond acceptors (Lipinski definition) is 5. The van der Waals surface area contributed by atoms with Crippen LogP contribution in [-0.4, -0.2) is 38.0 Å². The topological polar surface area (TPSA) is 61.9 Å². The van der Waals surface area contributed by atoms with Crippen molar-refractivity contribution < 1.29 is 9.53 Å². The molecular formula is C22H20N4O2S. The van der Waals surface area contributed by atoms with Gasteiger partial charge in [0.25, 0.3) is 0 Å². The number of benzene rings is 2. The number of ketones is 1. The van der Waals surface area contributed by atoms with Gasteiger partial charge in [0.1, 0.15) is 5.75 Å². The fourth-order valence-electron chi connectivity index (χ4n) is 3.06. The van der Waals surface area contributed by atoms with Crippen LogP contribution in [0.15, 0.2) is 78.1 Å². The van der Waals surface area contributed by atoms with E-state index in [2.05, 4.69) is 10.2 Å². The maximum Gasteiger partial charge on any atom is 0.196 e. The Morgan fingerprint density at radius 1 is 1.00 bits per heavy atom. The van der Waals surface area contributed by atoms with Gasteiger partial charge in [0, 0.05) is 24.5 Å². The second kappa shape index (κ2) is 8.36. The molecule has 4 rings (SSSR count). The highest BCUT2D eigenvalue weighted by Crippen LogP contribution is 2.29. The molecule has 0 bridgehead atoms. The summed E-state index contributed by atoms with van der Waals surface area (Å²) in [6, 6.07) is 21.3. The van der Waals surface area contributed by atoms with E-state index in [-0.39, 0.29) is 11.5 Å². The zero-order chi connectivity index (χ0) is 20.2. The SMILES string of the molecule is COc1ccc(-c2nnc(SCC(=O)c3cccn3C)n2-c2ccccc2)cc1. The summed E-state index contributed by atoms with van der Waals surface area (Å²) < 4.78 is 9.05. The van der Waals surface area contributed by atoms with Gasteiger partial charge in [-0.3, -0.25) is 9.36 Å². The number of nitrogens with zero attached hydrogens (tertiary/aromatic N) is 4. The highest BCUT2D eigenvalue weighted by molar-refractivity contribution is 7.99. The zero-order valence-corrected chi connectivity index (χ0v) is 17.0. The summed E-state index contributed by atoms with van der Waals surface area (Å²) in [6.07, 6.45) is 1.87. The summed E-state index contributed by atoms with van der Waals surface area (Å²) in [5.41, 5.74) is 2.54. The van der Waals surface area contributed by atoms with Crippen LogP contribution in [-0.2, 0) is 7.05 Å². The van der Waals surface area contributed by atoms with E-state index >= 15 is 0 Å². The van der Waals surface area contributed by atoms with E-state index < -0.39 is 0 Å². The number of aromatic nitrogens is 4. The van der Waals surface area contributed by atoms with E-state index in [9.17, 15) is 4.79 Å². The van der Waals surface area contributed by atoms with Gasteiger partial charge in [-0.2, -0.15) is 0 Å². The number of aryl methyl sites for hydroxylation is 1. The molecule has 2 aromatic heterocycles. The van der Waals surface area contributed by atoms with Gasteiger partial charge < -0.3 is 9.30 Å². The summed E-state index contributed by atoms with van der Waals surface area (Å²) in [6.45, 7) is 0. The van der Waals surface area contributed by atoms with E-state index in [0.717, 1.165) is 17.0 Å². The molecule has 0 saturated carbocycles. The van der Waals surface area contributed by atoms with Crippen molar-refractivity contribution in [2.45, 2.75) is 5.16 Å². The minimum absolute atomic E-state index is 0.0520. The summed E-state index contributed by atoms with van der Waals surface area (Å²) in [5, 5.41) is 9.46. The summed E-state index contributed by atoms with van der Waals surface area (Å²) in [4.78, 5) is 12.6. The maximum absolute atomic E-state index is 12.6. The number of carbonyl (C=O) groups excluding carboxylic acids is 1. The summed E-state index contributed by atoms with van der Waals surface area (Å²) in [5.74, 6) is 1.83. The van der Waals surface area contributed by atoms with Crippen LogP contribution in [0, 0.1) is 0 Å². The molecule has 29 heavy (non-hydrogen) atoms. The van der Waals surface area contributed by atoms with E-state index in [0.29, 0.717) is 16.7 Å². The van der Waals surface area contributed by atoms with Gasteiger partial charge in [-0.05, 0) is 48.5 Å². The minimum Gasteiger partial charge on any atom is -0.497 e. The first-order valence-electron chi connectivity index (χ1n) is 9.10. The van der Waals surface area contributed by atoms with Gasteiger partial charge in [-0.25, -0.2) is 0 Å². The van der Waals surface area contributed by atoms with Crippen molar-refractivity contribution in [3.05, 3.63) is 78.6 Å². The smallest absolute Gasteiger partial charge is 0.196 e. The monoisotopic (exact) mass is 404 g/mol. The van der Waals surface area contributed by atoms with E-state index in [1.807, 2.05) is 89.1 Å². The molecule has 0 atom stereocenters. The summed E-state index contributed by atoms with van der Waals surface area (Å²) in [7, 11) is 3.51. The average molecular weight is 404 g/mol. The van der Waals surface area contributed by atoms with Crippen LogP contribution in [0.5, 0.6) is 5.75 Å². The Balaban J connectivity index is 1.67.